The van der Waals surface area contributed by atoms with Crippen molar-refractivity contribution < 1.29 is 9.90 Å². The third-order valence-electron chi connectivity index (χ3n) is 2.54. The van der Waals surface area contributed by atoms with Gasteiger partial charge < -0.3 is 16.2 Å². The predicted octanol–water partition coefficient (Wildman–Crippen LogP) is 1.04. The van der Waals surface area contributed by atoms with Gasteiger partial charge in [0.1, 0.15) is 0 Å². The van der Waals surface area contributed by atoms with Crippen LogP contribution in [0.2, 0.25) is 0 Å². The molecule has 4 nitrogen and oxygen atoms in total. The Hall–Kier alpha value is -1.39. The van der Waals surface area contributed by atoms with E-state index in [4.69, 9.17) is 10.8 Å². The maximum atomic E-state index is 11.7. The van der Waals surface area contributed by atoms with Crippen LogP contribution in [0.4, 0.5) is 0 Å². The van der Waals surface area contributed by atoms with Gasteiger partial charge in [-0.1, -0.05) is 12.1 Å². The smallest absolute Gasteiger partial charge is 0.251 e. The van der Waals surface area contributed by atoms with Gasteiger partial charge in [-0.05, 0) is 37.5 Å². The van der Waals surface area contributed by atoms with Crippen molar-refractivity contribution in [3.05, 3.63) is 35.4 Å². The summed E-state index contributed by atoms with van der Waals surface area (Å²) in [5.41, 5.74) is 7.13. The van der Waals surface area contributed by atoms with Crippen LogP contribution in [-0.4, -0.2) is 23.7 Å². The molecule has 0 aromatic heterocycles. The Balaban J connectivity index is 2.36. The number of carbonyl (C=O) groups excluding carboxylic acids is 1. The van der Waals surface area contributed by atoms with Crippen LogP contribution in [0, 0.1) is 0 Å². The minimum atomic E-state index is -0.310. The topological polar surface area (TPSA) is 75.3 Å². The van der Waals surface area contributed by atoms with Crippen LogP contribution in [0.3, 0.4) is 0 Å². The summed E-state index contributed by atoms with van der Waals surface area (Å²) in [5, 5.41) is 11.9. The van der Waals surface area contributed by atoms with Crippen molar-refractivity contribution >= 4 is 5.91 Å². The van der Waals surface area contributed by atoms with E-state index in [-0.39, 0.29) is 12.0 Å². The second-order valence-corrected chi connectivity index (χ2v) is 4.15. The van der Waals surface area contributed by atoms with Crippen LogP contribution in [0.15, 0.2) is 24.3 Å². The molecule has 4 N–H and O–H groups in total. The monoisotopic (exact) mass is 236 g/mol. The van der Waals surface area contributed by atoms with Crippen LogP contribution in [-0.2, 0) is 6.54 Å². The first-order valence-electron chi connectivity index (χ1n) is 5.88. The third kappa shape index (κ3) is 4.97. The number of nitrogens with one attached hydrogen (secondary N) is 1. The quantitative estimate of drug-likeness (QED) is 0.646. The van der Waals surface area contributed by atoms with E-state index in [9.17, 15) is 4.79 Å². The summed E-state index contributed by atoms with van der Waals surface area (Å²) >= 11 is 0. The minimum Gasteiger partial charge on any atom is -0.393 e. The fourth-order valence-corrected chi connectivity index (χ4v) is 1.49. The van der Waals surface area contributed by atoms with Crippen molar-refractivity contribution in [1.29, 1.82) is 0 Å². The Morgan fingerprint density at radius 3 is 2.59 bits per heavy atom. The molecule has 1 aromatic rings. The van der Waals surface area contributed by atoms with Gasteiger partial charge in [0.05, 0.1) is 6.10 Å². The van der Waals surface area contributed by atoms with Crippen LogP contribution in [0.5, 0.6) is 0 Å². The van der Waals surface area contributed by atoms with Crippen molar-refractivity contribution in [3.8, 4) is 0 Å². The fourth-order valence-electron chi connectivity index (χ4n) is 1.49. The first-order chi connectivity index (χ1) is 8.13. The SMILES string of the molecule is CC(O)CCCNC(=O)c1ccc(CN)cc1. The summed E-state index contributed by atoms with van der Waals surface area (Å²) in [7, 11) is 0. The summed E-state index contributed by atoms with van der Waals surface area (Å²) in [6, 6.07) is 7.24. The molecule has 1 rings (SSSR count). The molecular formula is C13H20N2O2. The van der Waals surface area contributed by atoms with Gasteiger partial charge in [-0.15, -0.1) is 0 Å². The maximum absolute atomic E-state index is 11.7. The first-order valence-corrected chi connectivity index (χ1v) is 5.88. The Bertz CT molecular complexity index is 347. The molecule has 94 valence electrons. The van der Waals surface area contributed by atoms with Crippen LogP contribution >= 0.6 is 0 Å². The highest BCUT2D eigenvalue weighted by molar-refractivity contribution is 5.94. The van der Waals surface area contributed by atoms with E-state index in [1.54, 1.807) is 19.1 Å². The summed E-state index contributed by atoms with van der Waals surface area (Å²) in [5.74, 6) is -0.0841. The highest BCUT2D eigenvalue weighted by Crippen LogP contribution is 2.03. The second-order valence-electron chi connectivity index (χ2n) is 4.15. The lowest BCUT2D eigenvalue weighted by Gasteiger charge is -2.07. The molecular weight excluding hydrogens is 216 g/mol. The molecule has 1 amide bonds. The summed E-state index contributed by atoms with van der Waals surface area (Å²) in [6.45, 7) is 2.81. The molecule has 0 spiro atoms. The molecule has 1 unspecified atom stereocenters. The normalized spacial score (nSPS) is 12.2. The Morgan fingerprint density at radius 2 is 2.06 bits per heavy atom. The van der Waals surface area contributed by atoms with E-state index in [0.717, 1.165) is 12.0 Å². The molecule has 0 saturated carbocycles. The lowest BCUT2D eigenvalue weighted by atomic mass is 10.1. The van der Waals surface area contributed by atoms with Crippen LogP contribution in [0.1, 0.15) is 35.7 Å². The Kier molecular flexibility index (Phi) is 5.66. The third-order valence-corrected chi connectivity index (χ3v) is 2.54. The van der Waals surface area contributed by atoms with Crippen molar-refractivity contribution in [3.63, 3.8) is 0 Å². The van der Waals surface area contributed by atoms with E-state index in [2.05, 4.69) is 5.32 Å². The number of aliphatic hydroxyl groups excluding tert-OH is 1. The second kappa shape index (κ2) is 7.04. The molecule has 0 aliphatic rings. The average Bonchev–Trinajstić information content (AvgIpc) is 2.34. The van der Waals surface area contributed by atoms with Gasteiger partial charge in [-0.2, -0.15) is 0 Å². The Labute approximate surface area is 102 Å². The molecule has 4 heteroatoms. The number of amides is 1. The van der Waals surface area contributed by atoms with Gasteiger partial charge in [-0.3, -0.25) is 4.79 Å². The lowest BCUT2D eigenvalue weighted by molar-refractivity contribution is 0.0949. The summed E-state index contributed by atoms with van der Waals surface area (Å²) < 4.78 is 0. The molecule has 1 aromatic carbocycles. The molecule has 0 saturated heterocycles. The molecule has 0 aliphatic carbocycles. The van der Waals surface area contributed by atoms with Gasteiger partial charge in [0.25, 0.3) is 5.91 Å². The predicted molar refractivity (Wildman–Crippen MR) is 67.6 cm³/mol. The summed E-state index contributed by atoms with van der Waals surface area (Å²) in [6.07, 6.45) is 1.17. The lowest BCUT2D eigenvalue weighted by Crippen LogP contribution is -2.25. The van der Waals surface area contributed by atoms with Gasteiger partial charge in [0.2, 0.25) is 0 Å². The van der Waals surface area contributed by atoms with Crippen molar-refractivity contribution in [2.45, 2.75) is 32.4 Å². The van der Waals surface area contributed by atoms with Gasteiger partial charge in [-0.25, -0.2) is 0 Å². The van der Waals surface area contributed by atoms with Gasteiger partial charge in [0.15, 0.2) is 0 Å². The molecule has 0 heterocycles. The number of aliphatic hydroxyl groups is 1. The zero-order valence-electron chi connectivity index (χ0n) is 10.1. The zero-order valence-corrected chi connectivity index (χ0v) is 10.1. The van der Waals surface area contributed by atoms with E-state index in [1.807, 2.05) is 12.1 Å². The Morgan fingerprint density at radius 1 is 1.41 bits per heavy atom. The highest BCUT2D eigenvalue weighted by atomic mass is 16.3. The number of rotatable bonds is 6. The number of carbonyl (C=O) groups is 1. The molecule has 0 fully saturated rings. The van der Waals surface area contributed by atoms with Crippen LogP contribution in [0.25, 0.3) is 0 Å². The number of benzene rings is 1. The zero-order chi connectivity index (χ0) is 12.7. The van der Waals surface area contributed by atoms with Crippen molar-refractivity contribution in [1.82, 2.24) is 5.32 Å². The van der Waals surface area contributed by atoms with E-state index >= 15 is 0 Å². The van der Waals surface area contributed by atoms with Gasteiger partial charge >= 0.3 is 0 Å². The van der Waals surface area contributed by atoms with Gasteiger partial charge in [0, 0.05) is 18.7 Å². The van der Waals surface area contributed by atoms with Crippen molar-refractivity contribution in [2.24, 2.45) is 5.73 Å². The number of hydrogen-bond acceptors (Lipinski definition) is 3. The molecule has 1 atom stereocenters. The minimum absolute atomic E-state index is 0.0841. The highest BCUT2D eigenvalue weighted by Gasteiger charge is 2.04. The number of hydrogen-bond donors (Lipinski definition) is 3. The standard InChI is InChI=1S/C13H20N2O2/c1-10(16)3-2-8-15-13(17)12-6-4-11(9-14)5-7-12/h4-7,10,16H,2-3,8-9,14H2,1H3,(H,15,17). The molecule has 17 heavy (non-hydrogen) atoms. The van der Waals surface area contributed by atoms with Crippen molar-refractivity contribution in [2.75, 3.05) is 6.54 Å². The first kappa shape index (κ1) is 13.7. The molecule has 0 radical (unpaired) electrons. The summed E-state index contributed by atoms with van der Waals surface area (Å²) in [4.78, 5) is 11.7. The molecule has 0 aliphatic heterocycles. The largest absolute Gasteiger partial charge is 0.393 e. The fraction of sp³-hybridized carbons (Fsp3) is 0.462. The average molecular weight is 236 g/mol. The maximum Gasteiger partial charge on any atom is 0.251 e. The van der Waals surface area contributed by atoms with E-state index in [1.165, 1.54) is 0 Å². The number of nitrogens with two attached hydrogens (primary N) is 1. The van der Waals surface area contributed by atoms with E-state index < -0.39 is 0 Å². The van der Waals surface area contributed by atoms with E-state index in [0.29, 0.717) is 25.1 Å². The molecule has 0 bridgehead atoms. The van der Waals surface area contributed by atoms with Crippen LogP contribution < -0.4 is 11.1 Å².